The van der Waals surface area contributed by atoms with E-state index in [1.165, 1.54) is 16.9 Å². The Hall–Kier alpha value is -3.65. The molecule has 4 aromatic rings. The number of hydrogen-bond acceptors (Lipinski definition) is 6. The third kappa shape index (κ3) is 5.69. The SMILES string of the molecule is CC(c1ccccc1)N1Cc2sc(N)c(C(=O)O)c2CC1CNCc1ccc(Oc2ccccc2)cc1. The largest absolute Gasteiger partial charge is 0.478 e. The fourth-order valence-electron chi connectivity index (χ4n) is 5.01. The molecular formula is C30H31N3O3S. The standard InChI is InChI=1S/C30H31N3O3S/c1-20(22-8-4-2-5-9-22)33-19-27-26(28(30(34)35)29(31)37-27)16-23(33)18-32-17-21-12-14-25(15-13-21)36-24-10-6-3-7-11-24/h2-15,20,23,32H,16-19,31H2,1H3,(H,34,35). The summed E-state index contributed by atoms with van der Waals surface area (Å²) in [5.41, 5.74) is 9.70. The summed E-state index contributed by atoms with van der Waals surface area (Å²) in [4.78, 5) is 15.4. The van der Waals surface area contributed by atoms with Crippen LogP contribution in [0.25, 0.3) is 0 Å². The van der Waals surface area contributed by atoms with Crippen molar-refractivity contribution < 1.29 is 14.6 Å². The average Bonchev–Trinajstić information content (AvgIpc) is 3.24. The van der Waals surface area contributed by atoms with E-state index in [4.69, 9.17) is 10.5 Å². The summed E-state index contributed by atoms with van der Waals surface area (Å²) in [5.74, 6) is 0.672. The fourth-order valence-corrected chi connectivity index (χ4v) is 6.11. The number of thiophene rings is 1. The molecule has 2 heterocycles. The van der Waals surface area contributed by atoms with Crippen LogP contribution in [0.5, 0.6) is 11.5 Å². The Balaban J connectivity index is 1.28. The van der Waals surface area contributed by atoms with Gasteiger partial charge in [-0.15, -0.1) is 11.3 Å². The lowest BCUT2D eigenvalue weighted by molar-refractivity contribution is 0.0693. The van der Waals surface area contributed by atoms with Gasteiger partial charge in [0.25, 0.3) is 0 Å². The second kappa shape index (κ2) is 11.2. The van der Waals surface area contributed by atoms with Gasteiger partial charge < -0.3 is 20.9 Å². The molecule has 0 spiro atoms. The van der Waals surface area contributed by atoms with Crippen LogP contribution in [0, 0.1) is 0 Å². The number of carboxylic acids is 1. The van der Waals surface area contributed by atoms with E-state index in [9.17, 15) is 9.90 Å². The molecule has 4 N–H and O–H groups in total. The van der Waals surface area contributed by atoms with Gasteiger partial charge in [-0.05, 0) is 54.3 Å². The Kier molecular flexibility index (Phi) is 7.55. The molecule has 1 aliphatic heterocycles. The van der Waals surface area contributed by atoms with Crippen LogP contribution in [0.4, 0.5) is 5.00 Å². The summed E-state index contributed by atoms with van der Waals surface area (Å²) in [6, 6.07) is 28.6. The second-order valence-corrected chi connectivity index (χ2v) is 10.5. The molecule has 0 fully saturated rings. The van der Waals surface area contributed by atoms with Gasteiger partial charge in [-0.25, -0.2) is 4.79 Å². The first-order valence-corrected chi connectivity index (χ1v) is 13.3. The molecule has 0 saturated carbocycles. The van der Waals surface area contributed by atoms with Gasteiger partial charge in [0.2, 0.25) is 0 Å². The normalized spacial score (nSPS) is 16.2. The van der Waals surface area contributed by atoms with E-state index in [2.05, 4.69) is 53.5 Å². The Morgan fingerprint density at radius 2 is 1.70 bits per heavy atom. The molecule has 1 aliphatic rings. The number of anilines is 1. The smallest absolute Gasteiger partial charge is 0.338 e. The first-order valence-electron chi connectivity index (χ1n) is 12.5. The van der Waals surface area contributed by atoms with Crippen LogP contribution in [0.15, 0.2) is 84.9 Å². The molecule has 2 atom stereocenters. The number of hydrogen-bond donors (Lipinski definition) is 3. The molecule has 0 saturated heterocycles. The minimum absolute atomic E-state index is 0.135. The number of nitrogens with one attached hydrogen (secondary N) is 1. The molecule has 0 radical (unpaired) electrons. The summed E-state index contributed by atoms with van der Waals surface area (Å²) in [5, 5.41) is 13.8. The molecule has 0 amide bonds. The van der Waals surface area contributed by atoms with Crippen LogP contribution in [0.1, 0.15) is 44.9 Å². The summed E-state index contributed by atoms with van der Waals surface area (Å²) in [6.07, 6.45) is 0.651. The number of para-hydroxylation sites is 1. The van der Waals surface area contributed by atoms with Crippen LogP contribution in [0.3, 0.4) is 0 Å². The highest BCUT2D eigenvalue weighted by Gasteiger charge is 2.35. The van der Waals surface area contributed by atoms with Crippen molar-refractivity contribution in [3.63, 3.8) is 0 Å². The van der Waals surface area contributed by atoms with Gasteiger partial charge in [0, 0.05) is 36.6 Å². The third-order valence-corrected chi connectivity index (χ3v) is 8.00. The maximum Gasteiger partial charge on any atom is 0.338 e. The number of nitrogen functional groups attached to an aromatic ring is 1. The van der Waals surface area contributed by atoms with Gasteiger partial charge in [0.15, 0.2) is 0 Å². The molecular weight excluding hydrogens is 482 g/mol. The van der Waals surface area contributed by atoms with Gasteiger partial charge in [-0.1, -0.05) is 60.7 Å². The van der Waals surface area contributed by atoms with Crippen molar-refractivity contribution in [3.05, 3.63) is 112 Å². The number of nitrogens with zero attached hydrogens (tertiary/aromatic N) is 1. The third-order valence-electron chi connectivity index (χ3n) is 6.96. The lowest BCUT2D eigenvalue weighted by atomic mass is 9.93. The number of fused-ring (bicyclic) bond motifs is 1. The molecule has 7 heteroatoms. The van der Waals surface area contributed by atoms with Crippen LogP contribution < -0.4 is 15.8 Å². The minimum Gasteiger partial charge on any atom is -0.478 e. The van der Waals surface area contributed by atoms with Gasteiger partial charge >= 0.3 is 5.97 Å². The fraction of sp³-hybridized carbons (Fsp3) is 0.233. The van der Waals surface area contributed by atoms with Gasteiger partial charge in [-0.2, -0.15) is 0 Å². The monoisotopic (exact) mass is 513 g/mol. The zero-order chi connectivity index (χ0) is 25.8. The van der Waals surface area contributed by atoms with Gasteiger partial charge in [0.1, 0.15) is 16.5 Å². The van der Waals surface area contributed by atoms with Crippen molar-refractivity contribution in [1.82, 2.24) is 10.2 Å². The minimum atomic E-state index is -0.941. The average molecular weight is 514 g/mol. The highest BCUT2D eigenvalue weighted by Crippen LogP contribution is 2.39. The number of carboxylic acid groups (broad SMARTS) is 1. The van der Waals surface area contributed by atoms with E-state index in [0.29, 0.717) is 24.5 Å². The summed E-state index contributed by atoms with van der Waals surface area (Å²) >= 11 is 1.41. The summed E-state index contributed by atoms with van der Waals surface area (Å²) in [7, 11) is 0. The molecule has 6 nitrogen and oxygen atoms in total. The number of ether oxygens (including phenoxy) is 1. The van der Waals surface area contributed by atoms with Crippen molar-refractivity contribution in [3.8, 4) is 11.5 Å². The van der Waals surface area contributed by atoms with E-state index < -0.39 is 5.97 Å². The van der Waals surface area contributed by atoms with E-state index in [1.54, 1.807) is 0 Å². The van der Waals surface area contributed by atoms with Crippen LogP contribution >= 0.6 is 11.3 Å². The maximum absolute atomic E-state index is 11.9. The molecule has 37 heavy (non-hydrogen) atoms. The van der Waals surface area contributed by atoms with Gasteiger partial charge in [-0.3, -0.25) is 4.90 Å². The van der Waals surface area contributed by atoms with Crippen molar-refractivity contribution in [1.29, 1.82) is 0 Å². The lowest BCUT2D eigenvalue weighted by Crippen LogP contribution is -2.47. The number of aromatic carboxylic acids is 1. The molecule has 0 bridgehead atoms. The zero-order valence-corrected chi connectivity index (χ0v) is 21.6. The highest BCUT2D eigenvalue weighted by atomic mass is 32.1. The Morgan fingerprint density at radius 3 is 2.38 bits per heavy atom. The number of benzene rings is 3. The van der Waals surface area contributed by atoms with E-state index in [0.717, 1.165) is 34.0 Å². The van der Waals surface area contributed by atoms with Crippen molar-refractivity contribution >= 4 is 22.3 Å². The van der Waals surface area contributed by atoms with E-state index >= 15 is 0 Å². The highest BCUT2D eigenvalue weighted by molar-refractivity contribution is 7.16. The molecule has 0 aliphatic carbocycles. The quantitative estimate of drug-likeness (QED) is 0.251. The molecule has 2 unspecified atom stereocenters. The first-order chi connectivity index (χ1) is 18.0. The van der Waals surface area contributed by atoms with Crippen molar-refractivity contribution in [2.45, 2.75) is 38.5 Å². The number of nitrogens with two attached hydrogens (primary N) is 1. The van der Waals surface area contributed by atoms with Crippen molar-refractivity contribution in [2.75, 3.05) is 12.3 Å². The maximum atomic E-state index is 11.9. The van der Waals surface area contributed by atoms with E-state index in [-0.39, 0.29) is 17.6 Å². The summed E-state index contributed by atoms with van der Waals surface area (Å²) in [6.45, 7) is 4.34. The molecule has 1 aromatic heterocycles. The second-order valence-electron chi connectivity index (χ2n) is 9.36. The number of carbonyl (C=O) groups is 1. The summed E-state index contributed by atoms with van der Waals surface area (Å²) < 4.78 is 5.90. The lowest BCUT2D eigenvalue weighted by Gasteiger charge is -2.40. The van der Waals surface area contributed by atoms with Gasteiger partial charge in [0.05, 0.1) is 5.56 Å². The Bertz CT molecular complexity index is 1340. The van der Waals surface area contributed by atoms with Crippen LogP contribution in [0.2, 0.25) is 0 Å². The number of rotatable bonds is 9. The molecule has 3 aromatic carbocycles. The Morgan fingerprint density at radius 1 is 1.05 bits per heavy atom. The first kappa shape index (κ1) is 25.0. The van der Waals surface area contributed by atoms with Crippen LogP contribution in [-0.4, -0.2) is 28.6 Å². The molecule has 190 valence electrons. The van der Waals surface area contributed by atoms with Crippen molar-refractivity contribution in [2.24, 2.45) is 0 Å². The van der Waals surface area contributed by atoms with Crippen LogP contribution in [-0.2, 0) is 19.5 Å². The zero-order valence-electron chi connectivity index (χ0n) is 20.8. The van der Waals surface area contributed by atoms with E-state index in [1.807, 2.05) is 48.5 Å². The predicted octanol–water partition coefficient (Wildman–Crippen LogP) is 6.10. The molecule has 5 rings (SSSR count). The predicted molar refractivity (Wildman–Crippen MR) is 148 cm³/mol. The topological polar surface area (TPSA) is 87.8 Å². The Labute approximate surface area is 221 Å².